The van der Waals surface area contributed by atoms with Gasteiger partial charge in [0.2, 0.25) is 0 Å². The van der Waals surface area contributed by atoms with E-state index in [0.717, 1.165) is 23.4 Å². The third-order valence-corrected chi connectivity index (χ3v) is 4.30. The van der Waals surface area contributed by atoms with E-state index in [1.807, 2.05) is 36.7 Å². The van der Waals surface area contributed by atoms with Crippen LogP contribution >= 0.6 is 0 Å². The molecular formula is C18H24N6O2. The first-order valence-electron chi connectivity index (χ1n) is 8.57. The van der Waals surface area contributed by atoms with E-state index in [9.17, 15) is 0 Å². The van der Waals surface area contributed by atoms with Crippen molar-refractivity contribution in [3.05, 3.63) is 29.6 Å². The van der Waals surface area contributed by atoms with E-state index in [0.29, 0.717) is 29.4 Å². The monoisotopic (exact) mass is 356 g/mol. The third kappa shape index (κ3) is 3.45. The van der Waals surface area contributed by atoms with Crippen molar-refractivity contribution in [2.24, 2.45) is 0 Å². The summed E-state index contributed by atoms with van der Waals surface area (Å²) in [6, 6.07) is 5.91. The Morgan fingerprint density at radius 1 is 1.19 bits per heavy atom. The van der Waals surface area contributed by atoms with Gasteiger partial charge in [-0.05, 0) is 44.0 Å². The van der Waals surface area contributed by atoms with Gasteiger partial charge in [0.05, 0.1) is 19.8 Å². The molecule has 0 saturated carbocycles. The van der Waals surface area contributed by atoms with Crippen molar-refractivity contribution in [1.29, 1.82) is 0 Å². The van der Waals surface area contributed by atoms with Crippen LogP contribution in [0, 0.1) is 13.8 Å². The second kappa shape index (κ2) is 7.65. The SMILES string of the molecule is CCC(COC)n1nnc2c(Nc3ccc(OC)cc3C)nc(C)nc21. The Balaban J connectivity index is 2.03. The van der Waals surface area contributed by atoms with E-state index in [1.165, 1.54) is 0 Å². The van der Waals surface area contributed by atoms with Crippen molar-refractivity contribution in [1.82, 2.24) is 25.0 Å². The summed E-state index contributed by atoms with van der Waals surface area (Å²) in [5.74, 6) is 2.11. The summed E-state index contributed by atoms with van der Waals surface area (Å²) < 4.78 is 12.4. The summed E-state index contributed by atoms with van der Waals surface area (Å²) in [4.78, 5) is 9.07. The molecule has 0 bridgehead atoms. The van der Waals surface area contributed by atoms with Crippen molar-refractivity contribution in [3.8, 4) is 5.75 Å². The van der Waals surface area contributed by atoms with Crippen LogP contribution in [-0.4, -0.2) is 45.8 Å². The number of anilines is 2. The average Bonchev–Trinajstić information content (AvgIpc) is 3.05. The molecule has 3 rings (SSSR count). The minimum atomic E-state index is 0.0786. The molecule has 138 valence electrons. The van der Waals surface area contributed by atoms with E-state index >= 15 is 0 Å². The van der Waals surface area contributed by atoms with Crippen LogP contribution < -0.4 is 10.1 Å². The predicted octanol–water partition coefficient (Wildman–Crippen LogP) is 3.19. The van der Waals surface area contributed by atoms with Crippen LogP contribution in [0.4, 0.5) is 11.5 Å². The molecule has 3 aromatic rings. The minimum Gasteiger partial charge on any atom is -0.497 e. The van der Waals surface area contributed by atoms with Crippen LogP contribution in [0.5, 0.6) is 5.75 Å². The summed E-state index contributed by atoms with van der Waals surface area (Å²) in [6.45, 7) is 6.52. The van der Waals surface area contributed by atoms with Crippen LogP contribution in [0.1, 0.15) is 30.8 Å². The standard InChI is InChI=1S/C18H24N6O2/c1-6-13(10-25-4)24-18-16(22-23-24)17(19-12(3)20-18)21-15-8-7-14(26-5)9-11(15)2/h7-9,13H,6,10H2,1-5H3,(H,19,20,21). The number of ether oxygens (including phenoxy) is 2. The molecule has 1 aromatic carbocycles. The van der Waals surface area contributed by atoms with Crippen LogP contribution in [0.15, 0.2) is 18.2 Å². The number of hydrogen-bond acceptors (Lipinski definition) is 7. The smallest absolute Gasteiger partial charge is 0.184 e. The number of nitrogens with one attached hydrogen (secondary N) is 1. The first kappa shape index (κ1) is 18.1. The molecular weight excluding hydrogens is 332 g/mol. The summed E-state index contributed by atoms with van der Waals surface area (Å²) in [6.07, 6.45) is 0.871. The lowest BCUT2D eigenvalue weighted by Crippen LogP contribution is -2.16. The molecule has 1 unspecified atom stereocenters. The van der Waals surface area contributed by atoms with Gasteiger partial charge in [-0.3, -0.25) is 0 Å². The van der Waals surface area contributed by atoms with Gasteiger partial charge in [-0.15, -0.1) is 5.10 Å². The Bertz CT molecular complexity index is 908. The molecule has 0 fully saturated rings. The van der Waals surface area contributed by atoms with Crippen molar-refractivity contribution >= 4 is 22.7 Å². The second-order valence-electron chi connectivity index (χ2n) is 6.15. The molecule has 0 aliphatic carbocycles. The second-order valence-corrected chi connectivity index (χ2v) is 6.15. The fourth-order valence-electron chi connectivity index (χ4n) is 2.86. The van der Waals surface area contributed by atoms with Crippen LogP contribution in [0.25, 0.3) is 11.2 Å². The highest BCUT2D eigenvalue weighted by atomic mass is 16.5. The lowest BCUT2D eigenvalue weighted by Gasteiger charge is -2.14. The van der Waals surface area contributed by atoms with E-state index in [2.05, 4.69) is 32.5 Å². The molecule has 1 N–H and O–H groups in total. The number of fused-ring (bicyclic) bond motifs is 1. The maximum atomic E-state index is 5.30. The van der Waals surface area contributed by atoms with Crippen LogP contribution in [-0.2, 0) is 4.74 Å². The Labute approximate surface area is 152 Å². The van der Waals surface area contributed by atoms with Gasteiger partial charge in [-0.1, -0.05) is 12.1 Å². The summed E-state index contributed by atoms with van der Waals surface area (Å²) in [7, 11) is 3.34. The Hall–Kier alpha value is -2.74. The van der Waals surface area contributed by atoms with Gasteiger partial charge in [-0.2, -0.15) is 0 Å². The van der Waals surface area contributed by atoms with Gasteiger partial charge >= 0.3 is 0 Å². The van der Waals surface area contributed by atoms with Gasteiger partial charge < -0.3 is 14.8 Å². The number of benzene rings is 1. The predicted molar refractivity (Wildman–Crippen MR) is 100 cm³/mol. The number of methoxy groups -OCH3 is 2. The van der Waals surface area contributed by atoms with Gasteiger partial charge in [0.15, 0.2) is 17.0 Å². The van der Waals surface area contributed by atoms with Gasteiger partial charge in [-0.25, -0.2) is 14.6 Å². The van der Waals surface area contributed by atoms with Crippen LogP contribution in [0.3, 0.4) is 0 Å². The molecule has 0 aliphatic heterocycles. The summed E-state index contributed by atoms with van der Waals surface area (Å²) in [5, 5.41) is 12.0. The molecule has 0 amide bonds. The zero-order valence-corrected chi connectivity index (χ0v) is 15.8. The molecule has 0 saturated heterocycles. The van der Waals surface area contributed by atoms with Gasteiger partial charge in [0, 0.05) is 12.8 Å². The lowest BCUT2D eigenvalue weighted by atomic mass is 10.2. The van der Waals surface area contributed by atoms with Crippen molar-refractivity contribution < 1.29 is 9.47 Å². The van der Waals surface area contributed by atoms with E-state index in [4.69, 9.17) is 9.47 Å². The average molecular weight is 356 g/mol. The fourth-order valence-corrected chi connectivity index (χ4v) is 2.86. The maximum Gasteiger partial charge on any atom is 0.184 e. The molecule has 0 radical (unpaired) electrons. The van der Waals surface area contributed by atoms with E-state index < -0.39 is 0 Å². The normalized spacial score (nSPS) is 12.3. The Morgan fingerprint density at radius 3 is 2.65 bits per heavy atom. The number of aromatic nitrogens is 5. The molecule has 2 aromatic heterocycles. The molecule has 0 spiro atoms. The summed E-state index contributed by atoms with van der Waals surface area (Å²) in [5.41, 5.74) is 3.33. The lowest BCUT2D eigenvalue weighted by molar-refractivity contribution is 0.148. The Morgan fingerprint density at radius 2 is 2.00 bits per heavy atom. The molecule has 1 atom stereocenters. The quantitative estimate of drug-likeness (QED) is 0.695. The number of hydrogen-bond donors (Lipinski definition) is 1. The number of nitrogens with zero attached hydrogens (tertiary/aromatic N) is 5. The number of rotatable bonds is 7. The highest BCUT2D eigenvalue weighted by molar-refractivity contribution is 5.85. The largest absolute Gasteiger partial charge is 0.497 e. The van der Waals surface area contributed by atoms with Crippen molar-refractivity contribution in [2.75, 3.05) is 26.1 Å². The highest BCUT2D eigenvalue weighted by Crippen LogP contribution is 2.28. The third-order valence-electron chi connectivity index (χ3n) is 4.30. The zero-order chi connectivity index (χ0) is 18.7. The highest BCUT2D eigenvalue weighted by Gasteiger charge is 2.19. The van der Waals surface area contributed by atoms with Crippen LogP contribution in [0.2, 0.25) is 0 Å². The minimum absolute atomic E-state index is 0.0786. The molecule has 8 nitrogen and oxygen atoms in total. The first-order valence-corrected chi connectivity index (χ1v) is 8.57. The van der Waals surface area contributed by atoms with Gasteiger partial charge in [0.1, 0.15) is 11.6 Å². The maximum absolute atomic E-state index is 5.30. The van der Waals surface area contributed by atoms with Gasteiger partial charge in [0.25, 0.3) is 0 Å². The molecule has 2 heterocycles. The number of aryl methyl sites for hydroxylation is 2. The molecule has 26 heavy (non-hydrogen) atoms. The van der Waals surface area contributed by atoms with E-state index in [1.54, 1.807) is 14.2 Å². The summed E-state index contributed by atoms with van der Waals surface area (Å²) >= 11 is 0. The van der Waals surface area contributed by atoms with Crippen molar-refractivity contribution in [2.45, 2.75) is 33.2 Å². The molecule has 0 aliphatic rings. The Kier molecular flexibility index (Phi) is 5.32. The fraction of sp³-hybridized carbons (Fsp3) is 0.444. The topological polar surface area (TPSA) is 87.0 Å². The van der Waals surface area contributed by atoms with E-state index in [-0.39, 0.29) is 6.04 Å². The van der Waals surface area contributed by atoms with Crippen molar-refractivity contribution in [3.63, 3.8) is 0 Å². The first-order chi connectivity index (χ1) is 12.6. The zero-order valence-electron chi connectivity index (χ0n) is 15.8. The molecule has 8 heteroatoms.